The van der Waals surface area contributed by atoms with Crippen LogP contribution in [0.25, 0.3) is 0 Å². The Labute approximate surface area is 246 Å². The SMILES string of the molecule is CC[C@H]1CN2CCc3cc(OC)c(OC)cc3C2C[C@@H]1C[C@@H]1c2cc(OC)c(OC)cc2CCN1CCNCCN. The maximum absolute atomic E-state index is 5.78. The summed E-state index contributed by atoms with van der Waals surface area (Å²) in [5.74, 6) is 4.61. The standard InChI is InChI=1S/C33H50N4O4/c1-6-22-21-37-13-8-24-18-31(39-3)33(41-5)20-27(24)29(37)16-25(22)15-28-26-19-32(40-4)30(38-2)17-23(26)7-12-36(28)14-11-35-10-9-34/h17-20,22,25,28-29,35H,6-16,21,34H2,1-5H3/t22-,25-,28+,29?/m0/s1. The fourth-order valence-electron chi connectivity index (χ4n) is 7.62. The number of benzene rings is 2. The lowest BCUT2D eigenvalue weighted by Crippen LogP contribution is -2.47. The molecule has 4 atom stereocenters. The number of fused-ring (bicyclic) bond motifs is 4. The van der Waals surface area contributed by atoms with Crippen LogP contribution in [0.5, 0.6) is 23.0 Å². The third-order valence-corrected chi connectivity index (χ3v) is 9.84. The summed E-state index contributed by atoms with van der Waals surface area (Å²) in [4.78, 5) is 5.43. The Morgan fingerprint density at radius 2 is 1.41 bits per heavy atom. The molecule has 2 aromatic rings. The minimum atomic E-state index is 0.345. The molecule has 3 aliphatic rings. The Bertz CT molecular complexity index is 1170. The van der Waals surface area contributed by atoms with Crippen LogP contribution >= 0.6 is 0 Å². The summed E-state index contributed by atoms with van der Waals surface area (Å²) in [5.41, 5.74) is 11.4. The maximum Gasteiger partial charge on any atom is 0.161 e. The zero-order valence-corrected chi connectivity index (χ0v) is 25.7. The Morgan fingerprint density at radius 3 is 2.05 bits per heavy atom. The van der Waals surface area contributed by atoms with Crippen molar-refractivity contribution >= 4 is 0 Å². The Kier molecular flexibility index (Phi) is 9.96. The minimum absolute atomic E-state index is 0.345. The van der Waals surface area contributed by atoms with Gasteiger partial charge in [0, 0.05) is 57.9 Å². The van der Waals surface area contributed by atoms with E-state index in [-0.39, 0.29) is 0 Å². The summed E-state index contributed by atoms with van der Waals surface area (Å²) in [7, 11) is 6.93. The van der Waals surface area contributed by atoms with Crippen molar-refractivity contribution in [1.29, 1.82) is 0 Å². The summed E-state index contributed by atoms with van der Waals surface area (Å²) in [5, 5.41) is 3.52. The minimum Gasteiger partial charge on any atom is -0.493 e. The maximum atomic E-state index is 5.78. The van der Waals surface area contributed by atoms with Crippen molar-refractivity contribution in [1.82, 2.24) is 15.1 Å². The average Bonchev–Trinajstić information content (AvgIpc) is 3.01. The van der Waals surface area contributed by atoms with Crippen LogP contribution in [-0.2, 0) is 12.8 Å². The van der Waals surface area contributed by atoms with E-state index >= 15 is 0 Å². The summed E-state index contributed by atoms with van der Waals surface area (Å²) < 4.78 is 22.8. The van der Waals surface area contributed by atoms with Crippen LogP contribution in [0.2, 0.25) is 0 Å². The molecular formula is C33H50N4O4. The number of hydrogen-bond acceptors (Lipinski definition) is 8. The largest absolute Gasteiger partial charge is 0.493 e. The molecule has 1 fully saturated rings. The Hall–Kier alpha value is -2.52. The Balaban J connectivity index is 1.46. The third-order valence-electron chi connectivity index (χ3n) is 9.84. The molecule has 0 bridgehead atoms. The summed E-state index contributed by atoms with van der Waals surface area (Å²) >= 11 is 0. The van der Waals surface area contributed by atoms with E-state index in [1.54, 1.807) is 28.4 Å². The lowest BCUT2D eigenvalue weighted by Gasteiger charge is -2.49. The van der Waals surface area contributed by atoms with Gasteiger partial charge in [-0.25, -0.2) is 0 Å². The highest BCUT2D eigenvalue weighted by Gasteiger charge is 2.41. The normalized spacial score (nSPS) is 24.2. The number of rotatable bonds is 12. The molecular weight excluding hydrogens is 516 g/mol. The van der Waals surface area contributed by atoms with Gasteiger partial charge in [0.05, 0.1) is 28.4 Å². The fraction of sp³-hybridized carbons (Fsp3) is 0.636. The highest BCUT2D eigenvalue weighted by molar-refractivity contribution is 5.51. The lowest BCUT2D eigenvalue weighted by molar-refractivity contribution is 0.0309. The monoisotopic (exact) mass is 566 g/mol. The molecule has 0 aliphatic carbocycles. The lowest BCUT2D eigenvalue weighted by atomic mass is 9.72. The zero-order valence-electron chi connectivity index (χ0n) is 25.7. The van der Waals surface area contributed by atoms with Crippen molar-refractivity contribution in [3.05, 3.63) is 46.5 Å². The van der Waals surface area contributed by atoms with Crippen molar-refractivity contribution in [2.24, 2.45) is 17.6 Å². The van der Waals surface area contributed by atoms with E-state index in [9.17, 15) is 0 Å². The fourth-order valence-corrected chi connectivity index (χ4v) is 7.62. The molecule has 226 valence electrons. The first-order valence-electron chi connectivity index (χ1n) is 15.4. The number of nitrogens with two attached hydrogens (primary N) is 1. The van der Waals surface area contributed by atoms with Gasteiger partial charge in [0.2, 0.25) is 0 Å². The summed E-state index contributed by atoms with van der Waals surface area (Å²) in [6, 6.07) is 9.68. The van der Waals surface area contributed by atoms with E-state index in [4.69, 9.17) is 24.7 Å². The van der Waals surface area contributed by atoms with Crippen LogP contribution in [0, 0.1) is 11.8 Å². The first-order chi connectivity index (χ1) is 20.0. The van der Waals surface area contributed by atoms with E-state index in [2.05, 4.69) is 46.3 Å². The van der Waals surface area contributed by atoms with Crippen molar-refractivity contribution in [3.8, 4) is 23.0 Å². The molecule has 3 heterocycles. The molecule has 2 aromatic carbocycles. The van der Waals surface area contributed by atoms with Crippen LogP contribution < -0.4 is 30.0 Å². The second kappa shape index (κ2) is 13.6. The quantitative estimate of drug-likeness (QED) is 0.370. The van der Waals surface area contributed by atoms with Gasteiger partial charge in [0.25, 0.3) is 0 Å². The van der Waals surface area contributed by atoms with Crippen molar-refractivity contribution in [3.63, 3.8) is 0 Å². The second-order valence-corrected chi connectivity index (χ2v) is 11.8. The van der Waals surface area contributed by atoms with Crippen LogP contribution in [0.3, 0.4) is 0 Å². The molecule has 8 heteroatoms. The van der Waals surface area contributed by atoms with Crippen molar-refractivity contribution in [2.45, 2.75) is 51.1 Å². The molecule has 1 unspecified atom stereocenters. The van der Waals surface area contributed by atoms with Crippen LogP contribution in [0.4, 0.5) is 0 Å². The molecule has 0 radical (unpaired) electrons. The average molecular weight is 567 g/mol. The number of nitrogens with zero attached hydrogens (tertiary/aromatic N) is 2. The molecule has 1 saturated heterocycles. The smallest absolute Gasteiger partial charge is 0.161 e. The van der Waals surface area contributed by atoms with Gasteiger partial charge in [0.15, 0.2) is 23.0 Å². The molecule has 5 rings (SSSR count). The van der Waals surface area contributed by atoms with Crippen molar-refractivity contribution < 1.29 is 18.9 Å². The summed E-state index contributed by atoms with van der Waals surface area (Å²) in [6.45, 7) is 9.17. The number of nitrogens with one attached hydrogen (secondary N) is 1. The first kappa shape index (κ1) is 30.0. The van der Waals surface area contributed by atoms with Crippen LogP contribution in [0.15, 0.2) is 24.3 Å². The van der Waals surface area contributed by atoms with Gasteiger partial charge in [0.1, 0.15) is 0 Å². The number of hydrogen-bond donors (Lipinski definition) is 2. The second-order valence-electron chi connectivity index (χ2n) is 11.8. The van der Waals surface area contributed by atoms with E-state index in [0.717, 1.165) is 81.5 Å². The number of ether oxygens (including phenoxy) is 4. The highest BCUT2D eigenvalue weighted by Crippen LogP contribution is 2.49. The van der Waals surface area contributed by atoms with Crippen molar-refractivity contribution in [2.75, 3.05) is 74.3 Å². The van der Waals surface area contributed by atoms with Crippen LogP contribution in [-0.4, -0.2) is 84.1 Å². The molecule has 3 N–H and O–H groups in total. The van der Waals surface area contributed by atoms with E-state index in [1.807, 2.05) is 0 Å². The predicted molar refractivity (Wildman–Crippen MR) is 164 cm³/mol. The highest BCUT2D eigenvalue weighted by atomic mass is 16.5. The van der Waals surface area contributed by atoms with Gasteiger partial charge in [-0.2, -0.15) is 0 Å². The topological polar surface area (TPSA) is 81.5 Å². The number of methoxy groups -OCH3 is 4. The van der Waals surface area contributed by atoms with E-state index in [1.165, 1.54) is 35.1 Å². The van der Waals surface area contributed by atoms with E-state index in [0.29, 0.717) is 30.5 Å². The molecule has 0 saturated carbocycles. The van der Waals surface area contributed by atoms with Gasteiger partial charge in [-0.1, -0.05) is 13.3 Å². The van der Waals surface area contributed by atoms with Gasteiger partial charge in [-0.3, -0.25) is 9.80 Å². The van der Waals surface area contributed by atoms with Gasteiger partial charge >= 0.3 is 0 Å². The zero-order chi connectivity index (χ0) is 28.9. The number of piperidine rings is 1. The molecule has 41 heavy (non-hydrogen) atoms. The van der Waals surface area contributed by atoms with Gasteiger partial charge < -0.3 is 30.0 Å². The predicted octanol–water partition coefficient (Wildman–Crippen LogP) is 4.20. The first-order valence-corrected chi connectivity index (χ1v) is 15.4. The molecule has 8 nitrogen and oxygen atoms in total. The molecule has 0 spiro atoms. The third kappa shape index (κ3) is 6.17. The van der Waals surface area contributed by atoms with Crippen LogP contribution in [0.1, 0.15) is 60.5 Å². The van der Waals surface area contributed by atoms with Gasteiger partial charge in [-0.05, 0) is 84.0 Å². The van der Waals surface area contributed by atoms with E-state index < -0.39 is 0 Å². The molecule has 3 aliphatic heterocycles. The molecule has 0 amide bonds. The van der Waals surface area contributed by atoms with Gasteiger partial charge in [-0.15, -0.1) is 0 Å². The molecule has 0 aromatic heterocycles. The Morgan fingerprint density at radius 1 is 0.805 bits per heavy atom. The summed E-state index contributed by atoms with van der Waals surface area (Å²) in [6.07, 6.45) is 5.60.